The largest absolute Gasteiger partial charge is 0.339 e. The van der Waals surface area contributed by atoms with Gasteiger partial charge in [-0.15, -0.1) is 11.3 Å². The molecule has 122 valence electrons. The number of rotatable bonds is 3. The van der Waals surface area contributed by atoms with Gasteiger partial charge in [-0.2, -0.15) is 4.98 Å². The molecule has 1 atom stereocenters. The molecule has 0 radical (unpaired) electrons. The number of benzene rings is 1. The zero-order valence-corrected chi connectivity index (χ0v) is 14.3. The van der Waals surface area contributed by atoms with E-state index in [1.807, 2.05) is 42.3 Å². The lowest BCUT2D eigenvalue weighted by molar-refractivity contribution is -0.117. The van der Waals surface area contributed by atoms with Crippen LogP contribution in [0.4, 0.5) is 5.69 Å². The van der Waals surface area contributed by atoms with Crippen LogP contribution in [0.5, 0.6) is 0 Å². The molecule has 4 rings (SSSR count). The molecular weight excluding hydrogens is 322 g/mol. The predicted octanol–water partition coefficient (Wildman–Crippen LogP) is 3.94. The average molecular weight is 339 g/mol. The van der Waals surface area contributed by atoms with E-state index < -0.39 is 0 Å². The Kier molecular flexibility index (Phi) is 3.69. The number of amides is 1. The molecule has 0 N–H and O–H groups in total. The summed E-state index contributed by atoms with van der Waals surface area (Å²) < 4.78 is 5.43. The van der Waals surface area contributed by atoms with Crippen molar-refractivity contribution in [2.45, 2.75) is 26.2 Å². The van der Waals surface area contributed by atoms with E-state index in [-0.39, 0.29) is 11.8 Å². The Bertz CT molecular complexity index is 886. The summed E-state index contributed by atoms with van der Waals surface area (Å²) in [6.07, 6.45) is 0.402. The lowest BCUT2D eigenvalue weighted by atomic mass is 10.1. The van der Waals surface area contributed by atoms with E-state index in [2.05, 4.69) is 22.3 Å². The van der Waals surface area contributed by atoms with E-state index in [1.54, 1.807) is 11.3 Å². The summed E-state index contributed by atoms with van der Waals surface area (Å²) in [5.41, 5.74) is 3.21. The van der Waals surface area contributed by atoms with Crippen LogP contribution in [0.25, 0.3) is 10.7 Å². The third-order valence-corrected chi connectivity index (χ3v) is 5.18. The first-order valence-corrected chi connectivity index (χ1v) is 8.75. The van der Waals surface area contributed by atoms with Crippen LogP contribution in [0, 0.1) is 13.8 Å². The molecule has 1 saturated heterocycles. The minimum Gasteiger partial charge on any atom is -0.339 e. The predicted molar refractivity (Wildman–Crippen MR) is 93.2 cm³/mol. The van der Waals surface area contributed by atoms with Crippen molar-refractivity contribution in [1.82, 2.24) is 10.1 Å². The Balaban J connectivity index is 1.59. The SMILES string of the molecule is Cc1ccc(C)c(N2CC(c3nc(-c4cccs4)no3)CC2=O)c1. The molecule has 24 heavy (non-hydrogen) atoms. The Labute approximate surface area is 143 Å². The number of nitrogens with zero attached hydrogens (tertiary/aromatic N) is 3. The minimum absolute atomic E-state index is 0.0568. The van der Waals surface area contributed by atoms with Gasteiger partial charge in [0.2, 0.25) is 17.6 Å². The van der Waals surface area contributed by atoms with Gasteiger partial charge in [0.05, 0.1) is 10.8 Å². The molecule has 5 nitrogen and oxygen atoms in total. The molecule has 0 aliphatic carbocycles. The van der Waals surface area contributed by atoms with Crippen LogP contribution in [-0.2, 0) is 4.79 Å². The molecule has 0 spiro atoms. The summed E-state index contributed by atoms with van der Waals surface area (Å²) in [5, 5.41) is 6.03. The van der Waals surface area contributed by atoms with Crippen molar-refractivity contribution >= 4 is 22.9 Å². The van der Waals surface area contributed by atoms with Gasteiger partial charge in [-0.1, -0.05) is 23.4 Å². The van der Waals surface area contributed by atoms with Gasteiger partial charge in [-0.3, -0.25) is 4.79 Å². The summed E-state index contributed by atoms with van der Waals surface area (Å²) in [6, 6.07) is 10.1. The van der Waals surface area contributed by atoms with Crippen molar-refractivity contribution in [2.24, 2.45) is 0 Å². The van der Waals surface area contributed by atoms with Crippen LogP contribution >= 0.6 is 11.3 Å². The Morgan fingerprint density at radius 1 is 1.29 bits per heavy atom. The number of carbonyl (C=O) groups excluding carboxylic acids is 1. The van der Waals surface area contributed by atoms with E-state index in [9.17, 15) is 4.79 Å². The Morgan fingerprint density at radius 3 is 2.96 bits per heavy atom. The quantitative estimate of drug-likeness (QED) is 0.725. The third kappa shape index (κ3) is 2.63. The van der Waals surface area contributed by atoms with E-state index in [0.717, 1.165) is 21.7 Å². The third-order valence-electron chi connectivity index (χ3n) is 4.31. The topological polar surface area (TPSA) is 59.2 Å². The first kappa shape index (κ1) is 15.1. The molecule has 3 heterocycles. The first-order chi connectivity index (χ1) is 11.6. The van der Waals surface area contributed by atoms with Crippen molar-refractivity contribution in [3.63, 3.8) is 0 Å². The Morgan fingerprint density at radius 2 is 2.17 bits per heavy atom. The number of aryl methyl sites for hydroxylation is 2. The number of anilines is 1. The fraction of sp³-hybridized carbons (Fsp3) is 0.278. The molecule has 1 aromatic carbocycles. The second-order valence-electron chi connectivity index (χ2n) is 6.13. The highest BCUT2D eigenvalue weighted by Crippen LogP contribution is 2.34. The molecular formula is C18H17N3O2S. The maximum Gasteiger partial charge on any atom is 0.232 e. The maximum absolute atomic E-state index is 12.5. The second kappa shape index (κ2) is 5.87. The molecule has 1 unspecified atom stereocenters. The summed E-state index contributed by atoms with van der Waals surface area (Å²) in [6.45, 7) is 4.64. The molecule has 1 aliphatic rings. The maximum atomic E-state index is 12.5. The number of carbonyl (C=O) groups is 1. The highest BCUT2D eigenvalue weighted by atomic mass is 32.1. The number of hydrogen-bond acceptors (Lipinski definition) is 5. The first-order valence-electron chi connectivity index (χ1n) is 7.87. The van der Waals surface area contributed by atoms with E-state index in [1.165, 1.54) is 0 Å². The lowest BCUT2D eigenvalue weighted by Crippen LogP contribution is -2.25. The van der Waals surface area contributed by atoms with Crippen LogP contribution in [0.15, 0.2) is 40.2 Å². The zero-order chi connectivity index (χ0) is 16.7. The molecule has 0 bridgehead atoms. The van der Waals surface area contributed by atoms with Gasteiger partial charge in [0.15, 0.2) is 0 Å². The van der Waals surface area contributed by atoms with Gasteiger partial charge >= 0.3 is 0 Å². The van der Waals surface area contributed by atoms with E-state index in [4.69, 9.17) is 4.52 Å². The number of aromatic nitrogens is 2. The van der Waals surface area contributed by atoms with Crippen molar-refractivity contribution < 1.29 is 9.32 Å². The van der Waals surface area contributed by atoms with Crippen molar-refractivity contribution in [3.05, 3.63) is 52.7 Å². The van der Waals surface area contributed by atoms with Crippen molar-refractivity contribution in [1.29, 1.82) is 0 Å². The van der Waals surface area contributed by atoms with Crippen LogP contribution in [0.2, 0.25) is 0 Å². The number of hydrogen-bond donors (Lipinski definition) is 0. The highest BCUT2D eigenvalue weighted by Gasteiger charge is 2.35. The van der Waals surface area contributed by atoms with Crippen LogP contribution < -0.4 is 4.90 Å². The van der Waals surface area contributed by atoms with Crippen LogP contribution in [0.3, 0.4) is 0 Å². The van der Waals surface area contributed by atoms with Crippen molar-refractivity contribution in [3.8, 4) is 10.7 Å². The summed E-state index contributed by atoms with van der Waals surface area (Å²) >= 11 is 1.57. The van der Waals surface area contributed by atoms with Crippen LogP contribution in [-0.4, -0.2) is 22.6 Å². The van der Waals surface area contributed by atoms with Gasteiger partial charge in [-0.05, 0) is 42.5 Å². The second-order valence-corrected chi connectivity index (χ2v) is 7.08. The zero-order valence-electron chi connectivity index (χ0n) is 13.5. The minimum atomic E-state index is -0.0568. The fourth-order valence-corrected chi connectivity index (χ4v) is 3.67. The highest BCUT2D eigenvalue weighted by molar-refractivity contribution is 7.13. The van der Waals surface area contributed by atoms with Gasteiger partial charge in [0, 0.05) is 18.7 Å². The summed E-state index contributed by atoms with van der Waals surface area (Å²) in [7, 11) is 0. The molecule has 1 aliphatic heterocycles. The number of thiophene rings is 1. The van der Waals surface area contributed by atoms with E-state index in [0.29, 0.717) is 24.7 Å². The summed E-state index contributed by atoms with van der Waals surface area (Å²) in [4.78, 5) is 19.8. The molecule has 0 saturated carbocycles. The average Bonchev–Trinajstić information content (AvgIpc) is 3.28. The van der Waals surface area contributed by atoms with Crippen LogP contribution in [0.1, 0.15) is 29.4 Å². The monoisotopic (exact) mass is 339 g/mol. The van der Waals surface area contributed by atoms with Gasteiger partial charge < -0.3 is 9.42 Å². The van der Waals surface area contributed by atoms with Crippen molar-refractivity contribution in [2.75, 3.05) is 11.4 Å². The fourth-order valence-electron chi connectivity index (χ4n) is 3.02. The van der Waals surface area contributed by atoms with Gasteiger partial charge in [-0.25, -0.2) is 0 Å². The molecule has 3 aromatic rings. The van der Waals surface area contributed by atoms with Gasteiger partial charge in [0.1, 0.15) is 0 Å². The standard InChI is InChI=1S/C18H17N3O2S/c1-11-5-6-12(2)14(8-11)21-10-13(9-16(21)22)18-19-17(20-23-18)15-4-3-7-24-15/h3-8,13H,9-10H2,1-2H3. The normalized spacial score (nSPS) is 17.7. The summed E-state index contributed by atoms with van der Waals surface area (Å²) in [5.74, 6) is 1.18. The lowest BCUT2D eigenvalue weighted by Gasteiger charge is -2.19. The van der Waals surface area contributed by atoms with E-state index >= 15 is 0 Å². The molecule has 1 fully saturated rings. The molecule has 1 amide bonds. The Hall–Kier alpha value is -2.47. The smallest absolute Gasteiger partial charge is 0.232 e. The molecule has 2 aromatic heterocycles. The molecule has 6 heteroatoms. The van der Waals surface area contributed by atoms with Gasteiger partial charge in [0.25, 0.3) is 0 Å².